The molecular formula is C13H15NO2. The van der Waals surface area contributed by atoms with Crippen LogP contribution in [0.4, 0.5) is 0 Å². The molecule has 16 heavy (non-hydrogen) atoms. The van der Waals surface area contributed by atoms with E-state index in [1.54, 1.807) is 6.08 Å². The van der Waals surface area contributed by atoms with Crippen LogP contribution >= 0.6 is 0 Å². The van der Waals surface area contributed by atoms with Gasteiger partial charge in [-0.25, -0.2) is 0 Å². The lowest BCUT2D eigenvalue weighted by molar-refractivity contribution is -0.137. The Morgan fingerprint density at radius 2 is 2.25 bits per heavy atom. The summed E-state index contributed by atoms with van der Waals surface area (Å²) in [6, 6.07) is 0. The Hall–Kier alpha value is -1.38. The van der Waals surface area contributed by atoms with Crippen molar-refractivity contribution in [1.29, 1.82) is 0 Å². The molecule has 1 fully saturated rings. The van der Waals surface area contributed by atoms with Crippen molar-refractivity contribution in [3.8, 4) is 0 Å². The Morgan fingerprint density at radius 3 is 2.88 bits per heavy atom. The zero-order valence-electron chi connectivity index (χ0n) is 9.45. The van der Waals surface area contributed by atoms with Gasteiger partial charge in [-0.15, -0.1) is 6.58 Å². The van der Waals surface area contributed by atoms with E-state index in [1.807, 2.05) is 0 Å². The molecule has 2 bridgehead atoms. The van der Waals surface area contributed by atoms with Gasteiger partial charge in [-0.2, -0.15) is 0 Å². The van der Waals surface area contributed by atoms with Crippen molar-refractivity contribution in [1.82, 2.24) is 4.90 Å². The minimum absolute atomic E-state index is 0.0251. The molecule has 0 saturated heterocycles. The predicted octanol–water partition coefficient (Wildman–Crippen LogP) is 1.66. The Bertz CT molecular complexity index is 449. The standard InChI is InChI=1S/C13H15NO2/c1-3-6-14-11(15)9-8-4-5-13(2,7-8)10(9)12(14)16/h3,8H,1,4-7H2,2H3. The summed E-state index contributed by atoms with van der Waals surface area (Å²) in [5, 5.41) is 0. The number of rotatable bonds is 2. The Labute approximate surface area is 94.8 Å². The van der Waals surface area contributed by atoms with Crippen molar-refractivity contribution in [2.24, 2.45) is 11.3 Å². The molecule has 0 aromatic heterocycles. The van der Waals surface area contributed by atoms with Gasteiger partial charge in [0.05, 0.1) is 0 Å². The van der Waals surface area contributed by atoms with Crippen LogP contribution in [0.5, 0.6) is 0 Å². The average Bonchev–Trinajstić information content (AvgIpc) is 2.83. The fourth-order valence-corrected chi connectivity index (χ4v) is 3.57. The Kier molecular flexibility index (Phi) is 1.74. The second kappa shape index (κ2) is 2.84. The van der Waals surface area contributed by atoms with E-state index >= 15 is 0 Å². The molecule has 3 heteroatoms. The van der Waals surface area contributed by atoms with E-state index in [1.165, 1.54) is 4.90 Å². The highest BCUT2D eigenvalue weighted by Crippen LogP contribution is 2.59. The van der Waals surface area contributed by atoms with E-state index in [4.69, 9.17) is 0 Å². The minimum Gasteiger partial charge on any atom is -0.271 e. The maximum atomic E-state index is 12.2. The number of carbonyl (C=O) groups excluding carboxylic acids is 2. The summed E-state index contributed by atoms with van der Waals surface area (Å²) >= 11 is 0. The van der Waals surface area contributed by atoms with Crippen molar-refractivity contribution >= 4 is 11.8 Å². The Morgan fingerprint density at radius 1 is 1.50 bits per heavy atom. The van der Waals surface area contributed by atoms with E-state index in [2.05, 4.69) is 13.5 Å². The number of imide groups is 1. The third-order valence-electron chi connectivity index (χ3n) is 4.27. The average molecular weight is 217 g/mol. The van der Waals surface area contributed by atoms with E-state index < -0.39 is 0 Å². The van der Waals surface area contributed by atoms with Crippen LogP contribution in [0.25, 0.3) is 0 Å². The van der Waals surface area contributed by atoms with Crippen LogP contribution in [0.15, 0.2) is 23.8 Å². The van der Waals surface area contributed by atoms with Crippen LogP contribution in [-0.2, 0) is 9.59 Å². The fraction of sp³-hybridized carbons (Fsp3) is 0.538. The SMILES string of the molecule is C=CCN1C(=O)C2=C(C1=O)C1(C)CCC2C1. The first-order chi connectivity index (χ1) is 7.58. The van der Waals surface area contributed by atoms with Gasteiger partial charge in [0.2, 0.25) is 0 Å². The molecule has 2 atom stereocenters. The molecule has 84 valence electrons. The summed E-state index contributed by atoms with van der Waals surface area (Å²) in [5.41, 5.74) is 1.61. The lowest BCUT2D eigenvalue weighted by Gasteiger charge is -2.23. The monoisotopic (exact) mass is 217 g/mol. The van der Waals surface area contributed by atoms with Gasteiger partial charge >= 0.3 is 0 Å². The number of nitrogens with zero attached hydrogens (tertiary/aromatic N) is 1. The zero-order chi connectivity index (χ0) is 11.5. The molecule has 0 aromatic carbocycles. The highest BCUT2D eigenvalue weighted by molar-refractivity contribution is 6.21. The van der Waals surface area contributed by atoms with Crippen molar-refractivity contribution < 1.29 is 9.59 Å². The number of hydrogen-bond donors (Lipinski definition) is 0. The topological polar surface area (TPSA) is 37.4 Å². The van der Waals surface area contributed by atoms with Gasteiger partial charge < -0.3 is 0 Å². The summed E-state index contributed by atoms with van der Waals surface area (Å²) in [7, 11) is 0. The second-order valence-corrected chi connectivity index (χ2v) is 5.30. The molecule has 1 aliphatic heterocycles. The third kappa shape index (κ3) is 0.938. The summed E-state index contributed by atoms with van der Waals surface area (Å²) in [4.78, 5) is 25.6. The van der Waals surface area contributed by atoms with Gasteiger partial charge in [-0.3, -0.25) is 14.5 Å². The molecule has 1 heterocycles. The van der Waals surface area contributed by atoms with Crippen LogP contribution in [-0.4, -0.2) is 23.3 Å². The molecule has 1 saturated carbocycles. The van der Waals surface area contributed by atoms with Crippen LogP contribution in [0, 0.1) is 11.3 Å². The van der Waals surface area contributed by atoms with Crippen LogP contribution in [0.3, 0.4) is 0 Å². The first-order valence-corrected chi connectivity index (χ1v) is 5.80. The first kappa shape index (κ1) is 9.82. The van der Waals surface area contributed by atoms with Crippen molar-refractivity contribution in [3.05, 3.63) is 23.8 Å². The maximum Gasteiger partial charge on any atom is 0.257 e. The quantitative estimate of drug-likeness (QED) is 0.521. The van der Waals surface area contributed by atoms with Gasteiger partial charge in [0.25, 0.3) is 11.8 Å². The fourth-order valence-electron chi connectivity index (χ4n) is 3.57. The third-order valence-corrected chi connectivity index (χ3v) is 4.27. The van der Waals surface area contributed by atoms with E-state index in [0.29, 0.717) is 12.5 Å². The van der Waals surface area contributed by atoms with Crippen LogP contribution < -0.4 is 0 Å². The largest absolute Gasteiger partial charge is 0.271 e. The van der Waals surface area contributed by atoms with Gasteiger partial charge in [0, 0.05) is 17.7 Å². The van der Waals surface area contributed by atoms with Gasteiger partial charge in [-0.05, 0) is 30.6 Å². The normalized spacial score (nSPS) is 36.3. The smallest absolute Gasteiger partial charge is 0.257 e. The van der Waals surface area contributed by atoms with E-state index in [0.717, 1.165) is 30.4 Å². The first-order valence-electron chi connectivity index (χ1n) is 5.80. The van der Waals surface area contributed by atoms with E-state index in [-0.39, 0.29) is 17.2 Å². The summed E-state index contributed by atoms with van der Waals surface area (Å²) in [5.74, 6) is 0.212. The van der Waals surface area contributed by atoms with Crippen molar-refractivity contribution in [2.75, 3.05) is 6.54 Å². The predicted molar refractivity (Wildman–Crippen MR) is 59.4 cm³/mol. The van der Waals surface area contributed by atoms with Crippen LogP contribution in [0.2, 0.25) is 0 Å². The second-order valence-electron chi connectivity index (χ2n) is 5.30. The molecule has 3 rings (SSSR count). The highest BCUT2D eigenvalue weighted by atomic mass is 16.2. The van der Waals surface area contributed by atoms with Crippen molar-refractivity contribution in [3.63, 3.8) is 0 Å². The van der Waals surface area contributed by atoms with Crippen LogP contribution in [0.1, 0.15) is 26.2 Å². The lowest BCUT2D eigenvalue weighted by Crippen LogP contribution is -2.35. The maximum absolute atomic E-state index is 12.2. The molecule has 3 nitrogen and oxygen atoms in total. The molecule has 0 radical (unpaired) electrons. The molecule has 3 aliphatic rings. The number of hydrogen-bond acceptors (Lipinski definition) is 2. The lowest BCUT2D eigenvalue weighted by atomic mass is 9.81. The summed E-state index contributed by atoms with van der Waals surface area (Å²) in [6.07, 6.45) is 4.73. The number of amides is 2. The molecule has 2 unspecified atom stereocenters. The molecule has 2 amide bonds. The summed E-state index contributed by atoms with van der Waals surface area (Å²) < 4.78 is 0. The molecule has 0 N–H and O–H groups in total. The van der Waals surface area contributed by atoms with Gasteiger partial charge in [-0.1, -0.05) is 13.0 Å². The molecule has 0 aromatic rings. The number of carbonyl (C=O) groups is 2. The molecular weight excluding hydrogens is 202 g/mol. The number of fused-ring (bicyclic) bond motifs is 4. The summed E-state index contributed by atoms with van der Waals surface area (Å²) in [6.45, 7) is 6.06. The Balaban J connectivity index is 2.06. The van der Waals surface area contributed by atoms with Gasteiger partial charge in [0.15, 0.2) is 0 Å². The number of likely N-dealkylation sites (tertiary alicyclic amines) is 1. The minimum atomic E-state index is -0.0652. The highest BCUT2D eigenvalue weighted by Gasteiger charge is 2.57. The van der Waals surface area contributed by atoms with E-state index in [9.17, 15) is 9.59 Å². The molecule has 0 spiro atoms. The zero-order valence-corrected chi connectivity index (χ0v) is 9.45. The molecule has 2 aliphatic carbocycles. The van der Waals surface area contributed by atoms with Crippen molar-refractivity contribution in [2.45, 2.75) is 26.2 Å². The van der Waals surface area contributed by atoms with Gasteiger partial charge in [0.1, 0.15) is 0 Å².